The summed E-state index contributed by atoms with van der Waals surface area (Å²) in [7, 11) is 0. The number of nitrogens with one attached hydrogen (secondary N) is 1. The predicted octanol–water partition coefficient (Wildman–Crippen LogP) is 2.89. The third-order valence-electron chi connectivity index (χ3n) is 2.85. The van der Waals surface area contributed by atoms with Crippen LogP contribution in [0.15, 0.2) is 34.5 Å². The van der Waals surface area contributed by atoms with E-state index in [1.807, 2.05) is 0 Å². The van der Waals surface area contributed by atoms with E-state index in [4.69, 9.17) is 4.74 Å². The van der Waals surface area contributed by atoms with Crippen molar-refractivity contribution in [2.75, 3.05) is 17.7 Å². The number of amides is 1. The molecule has 0 saturated carbocycles. The number of nitro benzene ring substituents is 1. The zero-order valence-corrected chi connectivity index (χ0v) is 14.9. The highest BCUT2D eigenvalue weighted by Crippen LogP contribution is 2.22. The number of carbonyl (C=O) groups excluding carboxylic acids is 2. The lowest BCUT2D eigenvalue weighted by atomic mass is 10.3. The number of carbonyl (C=O) groups is 2. The van der Waals surface area contributed by atoms with Crippen LogP contribution in [-0.4, -0.2) is 34.1 Å². The van der Waals surface area contributed by atoms with Gasteiger partial charge >= 0.3 is 5.97 Å². The Labute approximate surface area is 151 Å². The molecule has 1 aromatic heterocycles. The first kappa shape index (κ1) is 18.9. The monoisotopic (exact) mass is 381 g/mol. The molecule has 0 radical (unpaired) electrons. The van der Waals surface area contributed by atoms with Gasteiger partial charge in [0.2, 0.25) is 5.91 Å². The van der Waals surface area contributed by atoms with Crippen molar-refractivity contribution in [2.45, 2.75) is 18.2 Å². The lowest BCUT2D eigenvalue weighted by molar-refractivity contribution is -0.384. The average Bonchev–Trinajstić information content (AvgIpc) is 3.00. The van der Waals surface area contributed by atoms with Crippen LogP contribution in [0.5, 0.6) is 0 Å². The summed E-state index contributed by atoms with van der Waals surface area (Å²) in [6, 6.07) is 5.97. The fourth-order valence-electron chi connectivity index (χ4n) is 1.77. The molecule has 0 spiro atoms. The van der Waals surface area contributed by atoms with Crippen molar-refractivity contribution in [2.24, 2.45) is 0 Å². The summed E-state index contributed by atoms with van der Waals surface area (Å²) < 4.78 is 4.84. The number of non-ortho nitro benzene ring substituents is 1. The van der Waals surface area contributed by atoms with Crippen molar-refractivity contribution in [3.05, 3.63) is 45.5 Å². The molecule has 0 aliphatic carbocycles. The molecular formula is C15H15N3O5S2. The van der Waals surface area contributed by atoms with Crippen LogP contribution in [-0.2, 0) is 20.7 Å². The second-order valence-corrected chi connectivity index (χ2v) is 6.62. The van der Waals surface area contributed by atoms with Crippen molar-refractivity contribution in [1.82, 2.24) is 4.98 Å². The molecular weight excluding hydrogens is 366 g/mol. The molecule has 0 saturated heterocycles. The van der Waals surface area contributed by atoms with Gasteiger partial charge in [0.05, 0.1) is 29.4 Å². The fourth-order valence-corrected chi connectivity index (χ4v) is 3.20. The fraction of sp³-hybridized carbons (Fsp3) is 0.267. The summed E-state index contributed by atoms with van der Waals surface area (Å²) in [4.78, 5) is 38.3. The van der Waals surface area contributed by atoms with Crippen LogP contribution in [0, 0.1) is 10.1 Å². The molecule has 1 amide bonds. The molecule has 8 nitrogen and oxygen atoms in total. The van der Waals surface area contributed by atoms with Crippen LogP contribution in [0.4, 0.5) is 10.8 Å². The third-order valence-corrected chi connectivity index (χ3v) is 4.66. The van der Waals surface area contributed by atoms with Gasteiger partial charge in [-0.25, -0.2) is 4.98 Å². The molecule has 0 aliphatic rings. The predicted molar refractivity (Wildman–Crippen MR) is 94.9 cm³/mol. The first-order chi connectivity index (χ1) is 12.0. The molecule has 0 unspecified atom stereocenters. The Hall–Kier alpha value is -2.46. The minimum atomic E-state index is -0.475. The van der Waals surface area contributed by atoms with Gasteiger partial charge in [-0.3, -0.25) is 19.7 Å². The largest absolute Gasteiger partial charge is 0.466 e. The third kappa shape index (κ3) is 6.16. The molecule has 0 aliphatic heterocycles. The van der Waals surface area contributed by atoms with E-state index in [9.17, 15) is 19.7 Å². The minimum absolute atomic E-state index is 0.00529. The number of nitro groups is 1. The minimum Gasteiger partial charge on any atom is -0.466 e. The highest BCUT2D eigenvalue weighted by Gasteiger charge is 2.11. The van der Waals surface area contributed by atoms with E-state index in [0.29, 0.717) is 17.4 Å². The normalized spacial score (nSPS) is 10.3. The van der Waals surface area contributed by atoms with Crippen LogP contribution >= 0.6 is 23.1 Å². The Morgan fingerprint density at radius 3 is 2.72 bits per heavy atom. The number of ether oxygens (including phenoxy) is 1. The van der Waals surface area contributed by atoms with E-state index in [1.54, 1.807) is 24.4 Å². The summed E-state index contributed by atoms with van der Waals surface area (Å²) >= 11 is 2.49. The maximum absolute atomic E-state index is 11.9. The van der Waals surface area contributed by atoms with E-state index in [-0.39, 0.29) is 29.7 Å². The number of benzene rings is 1. The number of aromatic nitrogens is 1. The van der Waals surface area contributed by atoms with E-state index >= 15 is 0 Å². The standard InChI is InChI=1S/C15H15N3O5S2/c1-2-23-14(20)7-10-8-25-15(16-10)17-13(19)9-24-12-5-3-11(4-6-12)18(21)22/h3-6,8H,2,7,9H2,1H3,(H,16,17,19). The van der Waals surface area contributed by atoms with Gasteiger partial charge in [0.15, 0.2) is 5.13 Å². The quantitative estimate of drug-likeness (QED) is 0.324. The number of esters is 1. The maximum Gasteiger partial charge on any atom is 0.311 e. The van der Waals surface area contributed by atoms with Crippen molar-refractivity contribution in [3.8, 4) is 0 Å². The Kier molecular flexibility index (Phi) is 6.90. The smallest absolute Gasteiger partial charge is 0.311 e. The number of thioether (sulfide) groups is 1. The van der Waals surface area contributed by atoms with Gasteiger partial charge < -0.3 is 10.1 Å². The summed E-state index contributed by atoms with van der Waals surface area (Å²) in [6.45, 7) is 2.04. The molecule has 2 rings (SSSR count). The second-order valence-electron chi connectivity index (χ2n) is 4.71. The van der Waals surface area contributed by atoms with Crippen molar-refractivity contribution in [1.29, 1.82) is 0 Å². The second kappa shape index (κ2) is 9.14. The van der Waals surface area contributed by atoms with Gasteiger partial charge in [-0.05, 0) is 19.1 Å². The van der Waals surface area contributed by atoms with Gasteiger partial charge in [0.25, 0.3) is 5.69 Å². The molecule has 0 bridgehead atoms. The van der Waals surface area contributed by atoms with Crippen LogP contribution < -0.4 is 5.32 Å². The topological polar surface area (TPSA) is 111 Å². The van der Waals surface area contributed by atoms with E-state index in [1.165, 1.54) is 35.2 Å². The maximum atomic E-state index is 11.9. The zero-order chi connectivity index (χ0) is 18.2. The lowest BCUT2D eigenvalue weighted by Crippen LogP contribution is -2.14. The molecule has 1 heterocycles. The molecule has 0 fully saturated rings. The van der Waals surface area contributed by atoms with Gasteiger partial charge in [0.1, 0.15) is 0 Å². The van der Waals surface area contributed by atoms with Crippen molar-refractivity contribution in [3.63, 3.8) is 0 Å². The van der Waals surface area contributed by atoms with Gasteiger partial charge in [-0.2, -0.15) is 0 Å². The first-order valence-corrected chi connectivity index (χ1v) is 9.11. The number of thiazole rings is 1. The number of hydrogen-bond acceptors (Lipinski definition) is 8. The molecule has 25 heavy (non-hydrogen) atoms. The molecule has 1 aromatic carbocycles. The van der Waals surface area contributed by atoms with Crippen LogP contribution in [0.25, 0.3) is 0 Å². The van der Waals surface area contributed by atoms with Crippen LogP contribution in [0.2, 0.25) is 0 Å². The Morgan fingerprint density at radius 2 is 2.08 bits per heavy atom. The first-order valence-electron chi connectivity index (χ1n) is 7.25. The SMILES string of the molecule is CCOC(=O)Cc1csc(NC(=O)CSc2ccc([N+](=O)[O-])cc2)n1. The van der Waals surface area contributed by atoms with Gasteiger partial charge in [0, 0.05) is 22.4 Å². The highest BCUT2D eigenvalue weighted by molar-refractivity contribution is 8.00. The van der Waals surface area contributed by atoms with E-state index < -0.39 is 4.92 Å². The van der Waals surface area contributed by atoms with E-state index in [0.717, 1.165) is 4.90 Å². The molecule has 10 heteroatoms. The molecule has 2 aromatic rings. The number of nitrogens with zero attached hydrogens (tertiary/aromatic N) is 2. The van der Waals surface area contributed by atoms with Gasteiger partial charge in [-0.1, -0.05) is 0 Å². The van der Waals surface area contributed by atoms with Crippen molar-refractivity contribution >= 4 is 45.8 Å². The Balaban J connectivity index is 1.81. The Bertz CT molecular complexity index is 761. The summed E-state index contributed by atoms with van der Waals surface area (Å²) in [6.07, 6.45) is 0.0672. The highest BCUT2D eigenvalue weighted by atomic mass is 32.2. The summed E-state index contributed by atoms with van der Waals surface area (Å²) in [5.41, 5.74) is 0.549. The van der Waals surface area contributed by atoms with E-state index in [2.05, 4.69) is 10.3 Å². The Morgan fingerprint density at radius 1 is 1.36 bits per heavy atom. The average molecular weight is 381 g/mol. The lowest BCUT2D eigenvalue weighted by Gasteiger charge is -2.02. The number of anilines is 1. The van der Waals surface area contributed by atoms with Crippen molar-refractivity contribution < 1.29 is 19.2 Å². The number of hydrogen-bond donors (Lipinski definition) is 1. The zero-order valence-electron chi connectivity index (χ0n) is 13.3. The summed E-state index contributed by atoms with van der Waals surface area (Å²) in [5, 5.41) is 15.3. The summed E-state index contributed by atoms with van der Waals surface area (Å²) in [5.74, 6) is -0.468. The van der Waals surface area contributed by atoms with Crippen LogP contribution in [0.1, 0.15) is 12.6 Å². The van der Waals surface area contributed by atoms with Gasteiger partial charge in [-0.15, -0.1) is 23.1 Å². The number of rotatable bonds is 8. The molecule has 0 atom stereocenters. The molecule has 132 valence electrons. The molecule has 1 N–H and O–H groups in total. The van der Waals surface area contributed by atoms with Crippen LogP contribution in [0.3, 0.4) is 0 Å².